The maximum Gasteiger partial charge on any atom is 1.00 e. The number of alkyl halides is 6. The first-order valence-electron chi connectivity index (χ1n) is 4.32. The normalized spacial score (nSPS) is 11.8. The molecule has 0 aliphatic rings. The summed E-state index contributed by atoms with van der Waals surface area (Å²) in [6.07, 6.45) is -10.0. The molecule has 0 aliphatic carbocycles. The van der Waals surface area contributed by atoms with Crippen molar-refractivity contribution in [2.45, 2.75) is 12.4 Å². The van der Waals surface area contributed by atoms with E-state index in [1.165, 1.54) is 0 Å². The fourth-order valence-electron chi connectivity index (χ4n) is 1.12. The van der Waals surface area contributed by atoms with Gasteiger partial charge in [0.15, 0.2) is 0 Å². The van der Waals surface area contributed by atoms with E-state index in [4.69, 9.17) is 10.0 Å². The molecule has 3 nitrogen and oxygen atoms in total. The Kier molecular flexibility index (Phi) is 5.83. The fourth-order valence-corrected chi connectivity index (χ4v) is 1.12. The third-order valence-corrected chi connectivity index (χ3v) is 1.80. The predicted molar refractivity (Wildman–Crippen MR) is 48.4 cm³/mol. The van der Waals surface area contributed by atoms with Gasteiger partial charge in [-0.3, -0.25) is 0 Å². The molecule has 0 saturated heterocycles. The van der Waals surface area contributed by atoms with E-state index in [9.17, 15) is 26.3 Å². The standard InChI is InChI=1S/C8H5BF6O3.Li.H/c10-7(11,12)4-1-5(8(13,14)15)3-6(2-4)18-9(16)17;;/h1-3,16-17H;;/q;+1;-1. The first-order valence-corrected chi connectivity index (χ1v) is 4.32. The summed E-state index contributed by atoms with van der Waals surface area (Å²) < 4.78 is 78.0. The van der Waals surface area contributed by atoms with Gasteiger partial charge in [-0.05, 0) is 18.2 Å². The van der Waals surface area contributed by atoms with Crippen molar-refractivity contribution in [2.75, 3.05) is 0 Å². The van der Waals surface area contributed by atoms with Crippen molar-refractivity contribution in [1.82, 2.24) is 0 Å². The van der Waals surface area contributed by atoms with Gasteiger partial charge >= 0.3 is 38.5 Å². The number of rotatable bonds is 2. The molecule has 0 amide bonds. The maximum atomic E-state index is 12.3. The van der Waals surface area contributed by atoms with E-state index in [1.807, 2.05) is 0 Å². The smallest absolute Gasteiger partial charge is 1.00 e. The molecule has 0 fully saturated rings. The Hall–Kier alpha value is -0.818. The summed E-state index contributed by atoms with van der Waals surface area (Å²) in [5, 5.41) is 16.7. The number of halogens is 6. The van der Waals surface area contributed by atoms with Crippen LogP contribution in [-0.4, -0.2) is 17.4 Å². The van der Waals surface area contributed by atoms with Crippen LogP contribution in [-0.2, 0) is 12.4 Å². The Balaban J connectivity index is 0. The first kappa shape index (κ1) is 18.2. The van der Waals surface area contributed by atoms with E-state index in [-0.39, 0.29) is 38.5 Å². The monoisotopic (exact) mass is 282 g/mol. The quantitative estimate of drug-likeness (QED) is 0.551. The fraction of sp³-hybridized carbons (Fsp3) is 0.250. The number of benzene rings is 1. The van der Waals surface area contributed by atoms with Crippen LogP contribution in [0.3, 0.4) is 0 Å². The second-order valence-electron chi connectivity index (χ2n) is 3.19. The molecule has 0 aliphatic heterocycles. The number of hydrogen-bond acceptors (Lipinski definition) is 3. The summed E-state index contributed by atoms with van der Waals surface area (Å²) in [6.45, 7) is 0. The van der Waals surface area contributed by atoms with E-state index < -0.39 is 36.6 Å². The van der Waals surface area contributed by atoms with Gasteiger partial charge in [0.1, 0.15) is 5.75 Å². The van der Waals surface area contributed by atoms with Crippen molar-refractivity contribution >= 4 is 7.32 Å². The van der Waals surface area contributed by atoms with E-state index >= 15 is 0 Å². The third-order valence-electron chi connectivity index (χ3n) is 1.80. The first-order chi connectivity index (χ1) is 8.00. The molecule has 102 valence electrons. The molecular formula is C8H6BF6LiO3. The van der Waals surface area contributed by atoms with Gasteiger partial charge in [-0.2, -0.15) is 26.3 Å². The Morgan fingerprint density at radius 3 is 1.53 bits per heavy atom. The Morgan fingerprint density at radius 1 is 0.895 bits per heavy atom. The zero-order chi connectivity index (χ0) is 14.1. The van der Waals surface area contributed by atoms with Crippen molar-refractivity contribution in [3.8, 4) is 5.75 Å². The van der Waals surface area contributed by atoms with E-state index in [2.05, 4.69) is 4.65 Å². The topological polar surface area (TPSA) is 49.7 Å². The summed E-state index contributed by atoms with van der Waals surface area (Å²) >= 11 is 0. The zero-order valence-electron chi connectivity index (χ0n) is 10.4. The second kappa shape index (κ2) is 6.09. The molecule has 2 N–H and O–H groups in total. The molecule has 0 radical (unpaired) electrons. The molecule has 0 aromatic heterocycles. The third kappa shape index (κ3) is 5.36. The van der Waals surface area contributed by atoms with Crippen LogP contribution in [0, 0.1) is 0 Å². The van der Waals surface area contributed by atoms with Crippen LogP contribution in [0.1, 0.15) is 12.6 Å². The van der Waals surface area contributed by atoms with Gasteiger partial charge in [-0.1, -0.05) is 0 Å². The van der Waals surface area contributed by atoms with E-state index in [0.717, 1.165) is 0 Å². The summed E-state index contributed by atoms with van der Waals surface area (Å²) in [7, 11) is -2.52. The average molecular weight is 282 g/mol. The molecule has 11 heteroatoms. The maximum absolute atomic E-state index is 12.3. The summed E-state index contributed by atoms with van der Waals surface area (Å²) in [4.78, 5) is 0. The molecule has 1 aromatic rings. The summed E-state index contributed by atoms with van der Waals surface area (Å²) in [5.41, 5.74) is -3.21. The van der Waals surface area contributed by atoms with Crippen molar-refractivity contribution in [1.29, 1.82) is 0 Å². The molecule has 0 spiro atoms. The average Bonchev–Trinajstić information content (AvgIpc) is 2.13. The molecule has 1 rings (SSSR count). The SMILES string of the molecule is OB(O)Oc1cc(C(F)(F)F)cc(C(F)(F)F)c1.[H-].[Li+]. The van der Waals surface area contributed by atoms with Crippen molar-refractivity contribution in [3.05, 3.63) is 29.3 Å². The summed E-state index contributed by atoms with van der Waals surface area (Å²) in [6, 6.07) is 0.361. The summed E-state index contributed by atoms with van der Waals surface area (Å²) in [5.74, 6) is -0.952. The molecule has 0 heterocycles. The predicted octanol–water partition coefficient (Wildman–Crippen LogP) is -0.811. The van der Waals surface area contributed by atoms with Gasteiger partial charge in [-0.25, -0.2) is 0 Å². The van der Waals surface area contributed by atoms with E-state index in [1.54, 1.807) is 0 Å². The molecule has 0 saturated carbocycles. The van der Waals surface area contributed by atoms with Crippen LogP contribution >= 0.6 is 0 Å². The zero-order valence-corrected chi connectivity index (χ0v) is 9.38. The molecule has 0 unspecified atom stereocenters. The molecule has 0 bridgehead atoms. The molecule has 0 atom stereocenters. The van der Waals surface area contributed by atoms with Crippen LogP contribution in [0.2, 0.25) is 0 Å². The molecule has 19 heavy (non-hydrogen) atoms. The van der Waals surface area contributed by atoms with Crippen molar-refractivity contribution < 1.29 is 61.3 Å². The number of hydrogen-bond donors (Lipinski definition) is 2. The van der Waals surface area contributed by atoms with Gasteiger partial charge < -0.3 is 16.1 Å². The van der Waals surface area contributed by atoms with Gasteiger partial charge in [0.05, 0.1) is 11.1 Å². The van der Waals surface area contributed by atoms with Crippen LogP contribution in [0.15, 0.2) is 18.2 Å². The Labute approximate surface area is 117 Å². The van der Waals surface area contributed by atoms with Crippen LogP contribution < -0.4 is 23.5 Å². The largest absolute Gasteiger partial charge is 1.00 e. The van der Waals surface area contributed by atoms with Gasteiger partial charge in [0, 0.05) is 0 Å². The molecular weight excluding hydrogens is 276 g/mol. The Bertz CT molecular complexity index is 407. The minimum absolute atomic E-state index is 0. The van der Waals surface area contributed by atoms with Crippen LogP contribution in [0.5, 0.6) is 5.75 Å². The molecule has 1 aromatic carbocycles. The van der Waals surface area contributed by atoms with Crippen molar-refractivity contribution in [3.63, 3.8) is 0 Å². The van der Waals surface area contributed by atoms with E-state index in [0.29, 0.717) is 0 Å². The van der Waals surface area contributed by atoms with Crippen LogP contribution in [0.4, 0.5) is 26.3 Å². The van der Waals surface area contributed by atoms with Crippen molar-refractivity contribution in [2.24, 2.45) is 0 Å². The van der Waals surface area contributed by atoms with Gasteiger partial charge in [-0.15, -0.1) is 0 Å². The minimum Gasteiger partial charge on any atom is -1.00 e. The van der Waals surface area contributed by atoms with Gasteiger partial charge in [0.25, 0.3) is 0 Å². The minimum atomic E-state index is -5.01. The second-order valence-corrected chi connectivity index (χ2v) is 3.19. The van der Waals surface area contributed by atoms with Crippen LogP contribution in [0.25, 0.3) is 0 Å². The van der Waals surface area contributed by atoms with Gasteiger partial charge in [0.2, 0.25) is 0 Å². The Morgan fingerprint density at radius 2 is 1.26 bits per heavy atom.